The number of benzene rings is 1. The van der Waals surface area contributed by atoms with Gasteiger partial charge in [-0.1, -0.05) is 65.6 Å². The van der Waals surface area contributed by atoms with E-state index in [0.29, 0.717) is 15.8 Å². The highest BCUT2D eigenvalue weighted by Crippen LogP contribution is 2.35. The normalized spacial score (nSPS) is 16.4. The molecule has 2 aromatic rings. The van der Waals surface area contributed by atoms with Gasteiger partial charge in [0.25, 0.3) is 5.91 Å². The van der Waals surface area contributed by atoms with Crippen LogP contribution in [-0.2, 0) is 11.3 Å². The average molecular weight is 362 g/mol. The number of anilines is 1. The van der Waals surface area contributed by atoms with Gasteiger partial charge in [0.05, 0.1) is 16.3 Å². The van der Waals surface area contributed by atoms with Gasteiger partial charge in [-0.25, -0.2) is 4.98 Å². The number of thioether (sulfide) groups is 1. The van der Waals surface area contributed by atoms with Crippen LogP contribution in [-0.4, -0.2) is 34.2 Å². The Kier molecular flexibility index (Phi) is 4.79. The summed E-state index contributed by atoms with van der Waals surface area (Å²) >= 11 is 8.26. The lowest BCUT2D eigenvalue weighted by atomic mass is 10.2. The van der Waals surface area contributed by atoms with Gasteiger partial charge in [-0.15, -0.1) is 0 Å². The Morgan fingerprint density at radius 3 is 2.70 bits per heavy atom. The van der Waals surface area contributed by atoms with Gasteiger partial charge in [0, 0.05) is 20.3 Å². The number of thiazole rings is 1. The van der Waals surface area contributed by atoms with E-state index < -0.39 is 0 Å². The highest BCUT2D eigenvalue weighted by Gasteiger charge is 2.32. The molecular formula is C16H15N3OS3. The molecule has 0 atom stereocenters. The molecule has 1 aromatic carbocycles. The molecule has 2 heterocycles. The van der Waals surface area contributed by atoms with Crippen LogP contribution in [0.1, 0.15) is 10.4 Å². The molecule has 1 saturated heterocycles. The molecule has 4 nitrogen and oxygen atoms in total. The van der Waals surface area contributed by atoms with E-state index in [1.54, 1.807) is 22.4 Å². The smallest absolute Gasteiger partial charge is 0.266 e. The maximum absolute atomic E-state index is 12.6. The Balaban J connectivity index is 1.78. The van der Waals surface area contributed by atoms with E-state index in [4.69, 9.17) is 12.2 Å². The maximum Gasteiger partial charge on any atom is 0.266 e. The van der Waals surface area contributed by atoms with Crippen LogP contribution in [0.5, 0.6) is 0 Å². The van der Waals surface area contributed by atoms with Crippen LogP contribution in [0.2, 0.25) is 0 Å². The van der Waals surface area contributed by atoms with Crippen molar-refractivity contribution in [2.24, 2.45) is 0 Å². The second-order valence-electron chi connectivity index (χ2n) is 5.19. The number of nitrogens with zero attached hydrogens (tertiary/aromatic N) is 3. The van der Waals surface area contributed by atoms with Gasteiger partial charge in [0.2, 0.25) is 0 Å². The van der Waals surface area contributed by atoms with Gasteiger partial charge in [0.1, 0.15) is 4.32 Å². The molecule has 0 saturated carbocycles. The number of hydrogen-bond acceptors (Lipinski definition) is 6. The van der Waals surface area contributed by atoms with E-state index in [0.717, 1.165) is 15.6 Å². The predicted octanol–water partition coefficient (Wildman–Crippen LogP) is 3.61. The van der Waals surface area contributed by atoms with Crippen molar-refractivity contribution in [1.82, 2.24) is 9.88 Å². The van der Waals surface area contributed by atoms with Crippen molar-refractivity contribution in [2.45, 2.75) is 6.54 Å². The van der Waals surface area contributed by atoms with Crippen molar-refractivity contribution in [2.75, 3.05) is 19.0 Å². The molecule has 1 fully saturated rings. The molecule has 1 aromatic heterocycles. The molecule has 118 valence electrons. The summed E-state index contributed by atoms with van der Waals surface area (Å²) < 4.78 is 0.599. The van der Waals surface area contributed by atoms with Gasteiger partial charge in [-0.3, -0.25) is 9.69 Å². The zero-order valence-electron chi connectivity index (χ0n) is 12.7. The molecule has 0 spiro atoms. The summed E-state index contributed by atoms with van der Waals surface area (Å²) in [5.74, 6) is -0.0383. The summed E-state index contributed by atoms with van der Waals surface area (Å²) in [6, 6.07) is 9.87. The second-order valence-corrected chi connectivity index (χ2v) is 7.91. The predicted molar refractivity (Wildman–Crippen MR) is 102 cm³/mol. The summed E-state index contributed by atoms with van der Waals surface area (Å²) in [6.45, 7) is 0.508. The number of hydrogen-bond donors (Lipinski definition) is 0. The Morgan fingerprint density at radius 1 is 1.30 bits per heavy atom. The van der Waals surface area contributed by atoms with E-state index in [1.165, 1.54) is 11.8 Å². The molecule has 0 unspecified atom stereocenters. The van der Waals surface area contributed by atoms with Crippen molar-refractivity contribution in [3.05, 3.63) is 51.9 Å². The van der Waals surface area contributed by atoms with Crippen LogP contribution in [0.3, 0.4) is 0 Å². The molecule has 7 heteroatoms. The zero-order valence-corrected chi connectivity index (χ0v) is 15.2. The number of aromatic nitrogens is 1. The SMILES string of the molecule is CN(C)c1ncc(/C=C2\SC(=S)N(Cc3ccccc3)C2=O)s1. The molecule has 1 aliphatic rings. The monoisotopic (exact) mass is 361 g/mol. The summed E-state index contributed by atoms with van der Waals surface area (Å²) in [7, 11) is 3.89. The van der Waals surface area contributed by atoms with E-state index >= 15 is 0 Å². The first kappa shape index (κ1) is 16.2. The van der Waals surface area contributed by atoms with Crippen LogP contribution in [0.25, 0.3) is 6.08 Å². The number of thiocarbonyl (C=S) groups is 1. The van der Waals surface area contributed by atoms with E-state index in [2.05, 4.69) is 4.98 Å². The molecule has 0 N–H and O–H groups in total. The lowest BCUT2D eigenvalue weighted by Gasteiger charge is -2.14. The second kappa shape index (κ2) is 6.82. The van der Waals surface area contributed by atoms with E-state index in [-0.39, 0.29) is 5.91 Å². The first-order valence-corrected chi connectivity index (χ1v) is 9.01. The molecule has 0 radical (unpaired) electrons. The lowest BCUT2D eigenvalue weighted by molar-refractivity contribution is -0.122. The van der Waals surface area contributed by atoms with Crippen molar-refractivity contribution in [3.63, 3.8) is 0 Å². The van der Waals surface area contributed by atoms with Crippen molar-refractivity contribution < 1.29 is 4.79 Å². The fourth-order valence-corrected chi connectivity index (χ4v) is 4.18. The van der Waals surface area contributed by atoms with Crippen LogP contribution < -0.4 is 4.90 Å². The number of carbonyl (C=O) groups is 1. The highest BCUT2D eigenvalue weighted by atomic mass is 32.2. The summed E-state index contributed by atoms with van der Waals surface area (Å²) in [6.07, 6.45) is 3.65. The fourth-order valence-electron chi connectivity index (χ4n) is 2.08. The lowest BCUT2D eigenvalue weighted by Crippen LogP contribution is -2.27. The molecule has 3 rings (SSSR count). The van der Waals surface area contributed by atoms with Crippen molar-refractivity contribution in [1.29, 1.82) is 0 Å². The van der Waals surface area contributed by atoms with Gasteiger partial charge >= 0.3 is 0 Å². The minimum atomic E-state index is -0.0383. The molecule has 1 aliphatic heterocycles. The van der Waals surface area contributed by atoms with Gasteiger partial charge < -0.3 is 4.90 Å². The highest BCUT2D eigenvalue weighted by molar-refractivity contribution is 8.26. The average Bonchev–Trinajstić information content (AvgIpc) is 3.10. The third kappa shape index (κ3) is 3.63. The minimum Gasteiger partial charge on any atom is -0.354 e. The van der Waals surface area contributed by atoms with Gasteiger partial charge in [-0.05, 0) is 11.6 Å². The quantitative estimate of drug-likeness (QED) is 0.614. The minimum absolute atomic E-state index is 0.0383. The first-order valence-electron chi connectivity index (χ1n) is 6.97. The van der Waals surface area contributed by atoms with Crippen LogP contribution in [0, 0.1) is 0 Å². The molecule has 0 bridgehead atoms. The summed E-state index contributed by atoms with van der Waals surface area (Å²) in [5.41, 5.74) is 1.07. The molecule has 1 amide bonds. The van der Waals surface area contributed by atoms with E-state index in [9.17, 15) is 4.79 Å². The summed E-state index contributed by atoms with van der Waals surface area (Å²) in [5, 5.41) is 0.913. The fraction of sp³-hybridized carbons (Fsp3) is 0.188. The van der Waals surface area contributed by atoms with Crippen LogP contribution in [0.4, 0.5) is 5.13 Å². The van der Waals surface area contributed by atoms with Crippen LogP contribution in [0.15, 0.2) is 41.4 Å². The number of amides is 1. The number of carbonyl (C=O) groups excluding carboxylic acids is 1. The Morgan fingerprint density at radius 2 is 2.04 bits per heavy atom. The Hall–Kier alpha value is -1.70. The van der Waals surface area contributed by atoms with Crippen molar-refractivity contribution >= 4 is 56.8 Å². The largest absolute Gasteiger partial charge is 0.354 e. The first-order chi connectivity index (χ1) is 11.0. The Bertz CT molecular complexity index is 768. The third-order valence-corrected chi connectivity index (χ3v) is 5.71. The van der Waals surface area contributed by atoms with Gasteiger partial charge in [-0.2, -0.15) is 0 Å². The van der Waals surface area contributed by atoms with Gasteiger partial charge in [0.15, 0.2) is 5.13 Å². The maximum atomic E-state index is 12.6. The molecule has 23 heavy (non-hydrogen) atoms. The zero-order chi connectivity index (χ0) is 16.4. The Labute approximate surface area is 148 Å². The third-order valence-electron chi connectivity index (χ3n) is 3.22. The summed E-state index contributed by atoms with van der Waals surface area (Å²) in [4.78, 5) is 22.1. The van der Waals surface area contributed by atoms with E-state index in [1.807, 2.05) is 55.4 Å². The van der Waals surface area contributed by atoms with Crippen LogP contribution >= 0.6 is 35.3 Å². The molecular weight excluding hydrogens is 346 g/mol. The topological polar surface area (TPSA) is 36.4 Å². The standard InChI is InChI=1S/C16H15N3OS3/c1-18(2)15-17-9-12(22-15)8-13-14(20)19(16(21)23-13)10-11-6-4-3-5-7-11/h3-9H,10H2,1-2H3/b13-8-. The van der Waals surface area contributed by atoms with Crippen molar-refractivity contribution in [3.8, 4) is 0 Å². The number of rotatable bonds is 4. The molecule has 0 aliphatic carbocycles.